The van der Waals surface area contributed by atoms with E-state index in [-0.39, 0.29) is 22.7 Å². The first-order chi connectivity index (χ1) is 14.7. The number of methoxy groups -OCH3 is 1. The molecule has 4 aliphatic rings. The fourth-order valence-corrected chi connectivity index (χ4v) is 8.72. The molecule has 8 atom stereocenters. The number of hydrogen-bond acceptors (Lipinski definition) is 3. The maximum Gasteiger partial charge on any atom is 0.308 e. The molecule has 3 heteroatoms. The number of carbonyl (C=O) groups excluding carboxylic acids is 2. The molecule has 0 aliphatic heterocycles. The van der Waals surface area contributed by atoms with E-state index in [2.05, 4.69) is 33.8 Å². The van der Waals surface area contributed by atoms with Crippen LogP contribution in [-0.4, -0.2) is 18.9 Å². The van der Waals surface area contributed by atoms with Gasteiger partial charge in [-0.05, 0) is 97.4 Å². The summed E-state index contributed by atoms with van der Waals surface area (Å²) in [6, 6.07) is 0. The van der Waals surface area contributed by atoms with Gasteiger partial charge in [0.2, 0.25) is 0 Å². The molecule has 0 aromatic heterocycles. The summed E-state index contributed by atoms with van der Waals surface area (Å²) < 4.78 is 5.33. The lowest BCUT2D eigenvalue weighted by atomic mass is 9.45. The Balaban J connectivity index is 1.55. The SMILES string of the molecule is COC(=O)[C@H](CCCC(C)C)[C@H]1CCC2C3CC[C@H]4CC(=O)C=C[C@]4(C)C3CC[C@@]21C. The van der Waals surface area contributed by atoms with E-state index in [9.17, 15) is 9.59 Å². The third-order valence-corrected chi connectivity index (χ3v) is 10.4. The van der Waals surface area contributed by atoms with E-state index in [1.54, 1.807) is 7.11 Å². The van der Waals surface area contributed by atoms with Crippen molar-refractivity contribution in [1.29, 1.82) is 0 Å². The summed E-state index contributed by atoms with van der Waals surface area (Å²) in [7, 11) is 1.57. The fourth-order valence-electron chi connectivity index (χ4n) is 8.72. The van der Waals surface area contributed by atoms with Gasteiger partial charge in [-0.15, -0.1) is 0 Å². The molecule has 0 radical (unpaired) electrons. The van der Waals surface area contributed by atoms with Crippen LogP contribution in [0.5, 0.6) is 0 Å². The predicted octanol–water partition coefficient (Wildman–Crippen LogP) is 6.61. The van der Waals surface area contributed by atoms with Crippen LogP contribution in [0.15, 0.2) is 12.2 Å². The van der Waals surface area contributed by atoms with Gasteiger partial charge in [0.1, 0.15) is 0 Å². The van der Waals surface area contributed by atoms with E-state index in [1.807, 2.05) is 6.08 Å². The largest absolute Gasteiger partial charge is 0.469 e. The van der Waals surface area contributed by atoms with Crippen molar-refractivity contribution in [3.8, 4) is 0 Å². The van der Waals surface area contributed by atoms with E-state index in [0.29, 0.717) is 29.5 Å². The van der Waals surface area contributed by atoms with Gasteiger partial charge in [-0.2, -0.15) is 0 Å². The highest BCUT2D eigenvalue weighted by molar-refractivity contribution is 5.91. The highest BCUT2D eigenvalue weighted by atomic mass is 16.5. The fraction of sp³-hybridized carbons (Fsp3) is 0.857. The van der Waals surface area contributed by atoms with Crippen molar-refractivity contribution in [3.05, 3.63) is 12.2 Å². The Labute approximate surface area is 189 Å². The molecule has 0 N–H and O–H groups in total. The normalized spacial score (nSPS) is 42.6. The number of ketones is 1. The van der Waals surface area contributed by atoms with E-state index in [4.69, 9.17) is 4.74 Å². The summed E-state index contributed by atoms with van der Waals surface area (Å²) in [5.74, 6) is 4.27. The van der Waals surface area contributed by atoms with Gasteiger partial charge >= 0.3 is 5.97 Å². The molecule has 3 unspecified atom stereocenters. The lowest BCUT2D eigenvalue weighted by Crippen LogP contribution is -2.53. The van der Waals surface area contributed by atoms with Crippen LogP contribution in [0.25, 0.3) is 0 Å². The molecular formula is C28H44O3. The first-order valence-corrected chi connectivity index (χ1v) is 13.0. The van der Waals surface area contributed by atoms with E-state index in [1.165, 1.54) is 44.9 Å². The van der Waals surface area contributed by atoms with Crippen LogP contribution in [0, 0.1) is 52.3 Å². The average Bonchev–Trinajstić information content (AvgIpc) is 3.08. The molecular weight excluding hydrogens is 384 g/mol. The molecule has 4 aliphatic carbocycles. The zero-order chi connectivity index (χ0) is 22.4. The van der Waals surface area contributed by atoms with Crippen molar-refractivity contribution in [3.63, 3.8) is 0 Å². The van der Waals surface area contributed by atoms with Crippen LogP contribution < -0.4 is 0 Å². The molecule has 0 saturated heterocycles. The molecule has 31 heavy (non-hydrogen) atoms. The summed E-state index contributed by atoms with van der Waals surface area (Å²) >= 11 is 0. The second-order valence-corrected chi connectivity index (χ2v) is 12.2. The second-order valence-electron chi connectivity index (χ2n) is 12.2. The molecule has 0 heterocycles. The van der Waals surface area contributed by atoms with Crippen LogP contribution in [0.1, 0.15) is 91.9 Å². The number of carbonyl (C=O) groups is 2. The Bertz CT molecular complexity index is 724. The molecule has 3 saturated carbocycles. The molecule has 3 nitrogen and oxygen atoms in total. The monoisotopic (exact) mass is 428 g/mol. The molecule has 0 bridgehead atoms. The summed E-state index contributed by atoms with van der Waals surface area (Å²) in [6.45, 7) is 9.49. The van der Waals surface area contributed by atoms with Crippen LogP contribution in [0.3, 0.4) is 0 Å². The lowest BCUT2D eigenvalue weighted by molar-refractivity contribution is -0.152. The Morgan fingerprint density at radius 2 is 1.87 bits per heavy atom. The number of ether oxygens (including phenoxy) is 1. The van der Waals surface area contributed by atoms with Crippen molar-refractivity contribution in [2.75, 3.05) is 7.11 Å². The van der Waals surface area contributed by atoms with Gasteiger partial charge in [0.15, 0.2) is 5.78 Å². The van der Waals surface area contributed by atoms with Gasteiger partial charge in [0.25, 0.3) is 0 Å². The summed E-state index contributed by atoms with van der Waals surface area (Å²) in [6.07, 6.45) is 15.6. The molecule has 0 aromatic carbocycles. The van der Waals surface area contributed by atoms with Crippen molar-refractivity contribution in [1.82, 2.24) is 0 Å². The minimum atomic E-state index is 0.0298. The Hall–Kier alpha value is -1.12. The van der Waals surface area contributed by atoms with Crippen LogP contribution in [0.4, 0.5) is 0 Å². The quantitative estimate of drug-likeness (QED) is 0.447. The number of esters is 1. The van der Waals surface area contributed by atoms with E-state index in [0.717, 1.165) is 31.1 Å². The Kier molecular flexibility index (Phi) is 6.45. The minimum Gasteiger partial charge on any atom is -0.469 e. The van der Waals surface area contributed by atoms with Gasteiger partial charge in [-0.3, -0.25) is 9.59 Å². The van der Waals surface area contributed by atoms with Gasteiger partial charge in [0, 0.05) is 6.42 Å². The predicted molar refractivity (Wildman–Crippen MR) is 124 cm³/mol. The highest BCUT2D eigenvalue weighted by Gasteiger charge is 2.61. The highest BCUT2D eigenvalue weighted by Crippen LogP contribution is 2.67. The molecule has 0 spiro atoms. The second kappa shape index (κ2) is 8.67. The van der Waals surface area contributed by atoms with Crippen molar-refractivity contribution in [2.45, 2.75) is 91.9 Å². The third kappa shape index (κ3) is 3.93. The van der Waals surface area contributed by atoms with Gasteiger partial charge in [0.05, 0.1) is 13.0 Å². The van der Waals surface area contributed by atoms with E-state index >= 15 is 0 Å². The summed E-state index contributed by atoms with van der Waals surface area (Å²) in [4.78, 5) is 24.9. The molecule has 0 amide bonds. The molecule has 174 valence electrons. The van der Waals surface area contributed by atoms with Gasteiger partial charge < -0.3 is 4.74 Å². The summed E-state index contributed by atoms with van der Waals surface area (Å²) in [5, 5.41) is 0. The molecule has 4 rings (SSSR count). The standard InChI is InChI=1S/C28H44O3/c1-18(2)7-6-8-22(26(30)31-5)24-12-11-23-21-10-9-19-17-20(29)13-15-27(19,3)25(21)14-16-28(23,24)4/h13,15,18-19,21-25H,6-12,14,16-17H2,1-5H3/t19-,21?,22+,23?,24+,25?,27-,28-/m0/s1. The zero-order valence-corrected chi connectivity index (χ0v) is 20.5. The summed E-state index contributed by atoms with van der Waals surface area (Å²) in [5.41, 5.74) is 0.449. The first kappa shape index (κ1) is 23.1. The smallest absolute Gasteiger partial charge is 0.308 e. The van der Waals surface area contributed by atoms with Gasteiger partial charge in [-0.25, -0.2) is 0 Å². The Morgan fingerprint density at radius 1 is 1.10 bits per heavy atom. The topological polar surface area (TPSA) is 43.4 Å². The van der Waals surface area contributed by atoms with Crippen molar-refractivity contribution in [2.24, 2.45) is 52.3 Å². The number of fused-ring (bicyclic) bond motifs is 5. The van der Waals surface area contributed by atoms with Gasteiger partial charge in [-0.1, -0.05) is 46.6 Å². The average molecular weight is 429 g/mol. The molecule has 3 fully saturated rings. The maximum atomic E-state index is 12.9. The van der Waals surface area contributed by atoms with Crippen molar-refractivity contribution < 1.29 is 14.3 Å². The number of hydrogen-bond donors (Lipinski definition) is 0. The van der Waals surface area contributed by atoms with Crippen LogP contribution >= 0.6 is 0 Å². The van der Waals surface area contributed by atoms with E-state index < -0.39 is 0 Å². The zero-order valence-electron chi connectivity index (χ0n) is 20.5. The number of allylic oxidation sites excluding steroid dienone is 2. The minimum absolute atomic E-state index is 0.0298. The van der Waals surface area contributed by atoms with Crippen molar-refractivity contribution >= 4 is 11.8 Å². The maximum absolute atomic E-state index is 12.9. The first-order valence-electron chi connectivity index (χ1n) is 13.0. The lowest BCUT2D eigenvalue weighted by Gasteiger charge is -2.59. The van der Waals surface area contributed by atoms with Crippen LogP contribution in [-0.2, 0) is 14.3 Å². The third-order valence-electron chi connectivity index (χ3n) is 10.4. The van der Waals surface area contributed by atoms with Crippen LogP contribution in [0.2, 0.25) is 0 Å². The Morgan fingerprint density at radius 3 is 2.58 bits per heavy atom. The molecule has 0 aromatic rings. The number of rotatable bonds is 6.